The number of rotatable bonds is 6. The fourth-order valence-corrected chi connectivity index (χ4v) is 3.61. The van der Waals surface area contributed by atoms with Gasteiger partial charge in [-0.3, -0.25) is 0 Å². The smallest absolute Gasteiger partial charge is 0.0965 e. The summed E-state index contributed by atoms with van der Waals surface area (Å²) in [6.45, 7) is 13.1. The molecule has 2 rings (SSSR count). The molecule has 1 N–H and O–H groups in total. The average Bonchev–Trinajstić information content (AvgIpc) is 2.97. The van der Waals surface area contributed by atoms with Crippen LogP contribution in [0.25, 0.3) is 0 Å². The molecule has 0 amide bonds. The minimum absolute atomic E-state index is 0.00949. The maximum absolute atomic E-state index is 4.28. The molecule has 1 aromatic heterocycles. The highest BCUT2D eigenvalue weighted by Gasteiger charge is 2.33. The van der Waals surface area contributed by atoms with Gasteiger partial charge in [-0.2, -0.15) is 0 Å². The lowest BCUT2D eigenvalue weighted by molar-refractivity contribution is 0.223. The van der Waals surface area contributed by atoms with E-state index in [9.17, 15) is 0 Å². The van der Waals surface area contributed by atoms with Gasteiger partial charge in [-0.05, 0) is 51.4 Å². The highest BCUT2D eigenvalue weighted by Crippen LogP contribution is 2.42. The molecule has 0 spiro atoms. The minimum atomic E-state index is 0.00949. The molecule has 0 aromatic carbocycles. The molecule has 0 aliphatic heterocycles. The summed E-state index contributed by atoms with van der Waals surface area (Å²) in [6.07, 6.45) is 8.97. The van der Waals surface area contributed by atoms with Gasteiger partial charge in [-0.1, -0.05) is 31.9 Å². The van der Waals surface area contributed by atoms with E-state index in [1.54, 1.807) is 0 Å². The summed E-state index contributed by atoms with van der Waals surface area (Å²) < 4.78 is 1.95. The zero-order valence-corrected chi connectivity index (χ0v) is 14.4. The van der Waals surface area contributed by atoms with E-state index < -0.39 is 0 Å². The third kappa shape index (κ3) is 4.53. The lowest BCUT2D eigenvalue weighted by atomic mass is 9.78. The predicted octanol–water partition coefficient (Wildman–Crippen LogP) is 3.73. The van der Waals surface area contributed by atoms with Crippen molar-refractivity contribution in [1.82, 2.24) is 20.3 Å². The van der Waals surface area contributed by atoms with Crippen LogP contribution in [0.4, 0.5) is 0 Å². The van der Waals surface area contributed by atoms with Crippen molar-refractivity contribution in [2.24, 2.45) is 11.3 Å². The molecule has 0 radical (unpaired) electrons. The van der Waals surface area contributed by atoms with E-state index in [0.717, 1.165) is 24.7 Å². The number of nitrogens with one attached hydrogen (secondary N) is 1. The summed E-state index contributed by atoms with van der Waals surface area (Å²) in [6, 6.07) is 0. The summed E-state index contributed by atoms with van der Waals surface area (Å²) >= 11 is 0. The average molecular weight is 292 g/mol. The molecule has 1 fully saturated rings. The molecule has 21 heavy (non-hydrogen) atoms. The minimum Gasteiger partial charge on any atom is -0.311 e. The normalized spacial score (nSPS) is 18.6. The molecular weight excluding hydrogens is 260 g/mol. The van der Waals surface area contributed by atoms with Gasteiger partial charge < -0.3 is 5.32 Å². The van der Waals surface area contributed by atoms with Crippen molar-refractivity contribution in [1.29, 1.82) is 0 Å². The van der Waals surface area contributed by atoms with E-state index in [2.05, 4.69) is 56.4 Å². The van der Waals surface area contributed by atoms with Crippen molar-refractivity contribution in [3.8, 4) is 0 Å². The molecule has 0 unspecified atom stereocenters. The van der Waals surface area contributed by atoms with Crippen molar-refractivity contribution in [3.63, 3.8) is 0 Å². The summed E-state index contributed by atoms with van der Waals surface area (Å²) in [5.41, 5.74) is 1.58. The Bertz CT molecular complexity index is 436. The van der Waals surface area contributed by atoms with Crippen LogP contribution in [-0.2, 0) is 12.1 Å². The fourth-order valence-electron chi connectivity index (χ4n) is 3.61. The molecule has 120 valence electrons. The van der Waals surface area contributed by atoms with Gasteiger partial charge in [0.05, 0.1) is 17.4 Å². The molecule has 0 saturated heterocycles. The maximum Gasteiger partial charge on any atom is 0.0965 e. The monoisotopic (exact) mass is 292 g/mol. The van der Waals surface area contributed by atoms with Gasteiger partial charge in [-0.15, -0.1) is 5.10 Å². The Morgan fingerprint density at radius 1 is 1.29 bits per heavy atom. The Morgan fingerprint density at radius 3 is 2.48 bits per heavy atom. The van der Waals surface area contributed by atoms with Gasteiger partial charge in [0.25, 0.3) is 0 Å². The van der Waals surface area contributed by atoms with Crippen LogP contribution in [0, 0.1) is 11.3 Å². The summed E-state index contributed by atoms with van der Waals surface area (Å²) in [7, 11) is 0. The fraction of sp³-hybridized carbons (Fsp3) is 0.882. The largest absolute Gasteiger partial charge is 0.311 e. The van der Waals surface area contributed by atoms with Crippen LogP contribution in [0.15, 0.2) is 6.20 Å². The summed E-state index contributed by atoms with van der Waals surface area (Å²) in [5.74, 6) is 0.784. The second-order valence-corrected chi connectivity index (χ2v) is 8.23. The number of hydrogen-bond acceptors (Lipinski definition) is 3. The van der Waals surface area contributed by atoms with E-state index in [1.807, 2.05) is 4.68 Å². The Hall–Kier alpha value is -0.900. The molecule has 1 saturated carbocycles. The SMILES string of the molecule is CC(C)CC1(CNCc2cn(C(C)(C)C)nn2)CCCC1. The van der Waals surface area contributed by atoms with Gasteiger partial charge in [-0.25, -0.2) is 4.68 Å². The number of aromatic nitrogens is 3. The van der Waals surface area contributed by atoms with Crippen molar-refractivity contribution >= 4 is 0 Å². The molecule has 0 bridgehead atoms. The van der Waals surface area contributed by atoms with Crippen LogP contribution in [0.1, 0.15) is 72.4 Å². The zero-order chi connectivity index (χ0) is 15.5. The first kappa shape index (κ1) is 16.5. The molecule has 1 aliphatic rings. The van der Waals surface area contributed by atoms with Crippen molar-refractivity contribution in [3.05, 3.63) is 11.9 Å². The molecule has 1 aromatic rings. The van der Waals surface area contributed by atoms with Crippen LogP contribution >= 0.6 is 0 Å². The van der Waals surface area contributed by atoms with Crippen molar-refractivity contribution in [2.45, 2.75) is 78.8 Å². The van der Waals surface area contributed by atoms with Gasteiger partial charge in [0.2, 0.25) is 0 Å². The highest BCUT2D eigenvalue weighted by molar-refractivity contribution is 4.95. The number of nitrogens with zero attached hydrogens (tertiary/aromatic N) is 3. The Morgan fingerprint density at radius 2 is 1.95 bits per heavy atom. The lowest BCUT2D eigenvalue weighted by Gasteiger charge is -2.31. The molecule has 4 heteroatoms. The zero-order valence-electron chi connectivity index (χ0n) is 14.4. The van der Waals surface area contributed by atoms with E-state index >= 15 is 0 Å². The molecule has 1 heterocycles. The van der Waals surface area contributed by atoms with Gasteiger partial charge in [0.15, 0.2) is 0 Å². The van der Waals surface area contributed by atoms with Crippen molar-refractivity contribution < 1.29 is 0 Å². The Kier molecular flexibility index (Phi) is 5.07. The molecule has 4 nitrogen and oxygen atoms in total. The lowest BCUT2D eigenvalue weighted by Crippen LogP contribution is -2.33. The predicted molar refractivity (Wildman–Crippen MR) is 87.1 cm³/mol. The highest BCUT2D eigenvalue weighted by atomic mass is 15.4. The van der Waals surface area contributed by atoms with Gasteiger partial charge >= 0.3 is 0 Å². The summed E-state index contributed by atoms with van der Waals surface area (Å²) in [5, 5.41) is 12.1. The molecule has 0 atom stereocenters. The van der Waals surface area contributed by atoms with Gasteiger partial charge in [0.1, 0.15) is 0 Å². The first-order valence-electron chi connectivity index (χ1n) is 8.43. The number of hydrogen-bond donors (Lipinski definition) is 1. The topological polar surface area (TPSA) is 42.7 Å². The quantitative estimate of drug-likeness (QED) is 0.868. The Balaban J connectivity index is 1.86. The second-order valence-electron chi connectivity index (χ2n) is 8.23. The molecule has 1 aliphatic carbocycles. The maximum atomic E-state index is 4.28. The first-order valence-corrected chi connectivity index (χ1v) is 8.43. The van der Waals surface area contributed by atoms with E-state index in [0.29, 0.717) is 5.41 Å². The van der Waals surface area contributed by atoms with Crippen LogP contribution in [0.3, 0.4) is 0 Å². The standard InChI is InChI=1S/C17H32N4/c1-14(2)10-17(8-6-7-9-17)13-18-11-15-12-21(20-19-15)16(3,4)5/h12,14,18H,6-11,13H2,1-5H3. The third-order valence-corrected chi connectivity index (χ3v) is 4.54. The second kappa shape index (κ2) is 6.47. The van der Waals surface area contributed by atoms with Gasteiger partial charge in [0, 0.05) is 13.1 Å². The summed E-state index contributed by atoms with van der Waals surface area (Å²) in [4.78, 5) is 0. The van der Waals surface area contributed by atoms with Crippen molar-refractivity contribution in [2.75, 3.05) is 6.54 Å². The Labute approximate surface area is 129 Å². The van der Waals surface area contributed by atoms with E-state index in [1.165, 1.54) is 32.1 Å². The van der Waals surface area contributed by atoms with E-state index in [4.69, 9.17) is 0 Å². The molecular formula is C17H32N4. The van der Waals surface area contributed by atoms with E-state index in [-0.39, 0.29) is 5.54 Å². The van der Waals surface area contributed by atoms with Crippen LogP contribution < -0.4 is 5.32 Å². The van der Waals surface area contributed by atoms with Crippen LogP contribution in [0.5, 0.6) is 0 Å². The van der Waals surface area contributed by atoms with Crippen LogP contribution in [0.2, 0.25) is 0 Å². The van der Waals surface area contributed by atoms with Crippen LogP contribution in [-0.4, -0.2) is 21.5 Å². The first-order chi connectivity index (χ1) is 9.81. The third-order valence-electron chi connectivity index (χ3n) is 4.54.